The number of nitrogens with one attached hydrogen (secondary N) is 1. The van der Waals surface area contributed by atoms with Crippen LogP contribution in [0.1, 0.15) is 12.5 Å². The van der Waals surface area contributed by atoms with Crippen LogP contribution in [0.3, 0.4) is 0 Å². The smallest absolute Gasteiger partial charge is 0.303 e. The third-order valence-corrected chi connectivity index (χ3v) is 1.88. The fourth-order valence-electron chi connectivity index (χ4n) is 1.18. The lowest BCUT2D eigenvalue weighted by Gasteiger charge is -2.05. The van der Waals surface area contributed by atoms with Crippen molar-refractivity contribution in [2.45, 2.75) is 13.5 Å². The molecule has 0 saturated heterocycles. The van der Waals surface area contributed by atoms with E-state index >= 15 is 0 Å². The van der Waals surface area contributed by atoms with Gasteiger partial charge in [-0.3, -0.25) is 20.2 Å². The lowest BCUT2D eigenvalue weighted by molar-refractivity contribution is -0.385. The quantitative estimate of drug-likeness (QED) is 0.267. The predicted molar refractivity (Wildman–Crippen MR) is 56.6 cm³/mol. The monoisotopic (exact) mass is 224 g/mol. The molecule has 1 rings (SSSR count). The zero-order chi connectivity index (χ0) is 12.0. The molecule has 0 aliphatic carbocycles. The molecule has 0 aliphatic heterocycles. The molecule has 6 nitrogen and oxygen atoms in total. The van der Waals surface area contributed by atoms with Crippen LogP contribution in [0.2, 0.25) is 0 Å². The number of nitro benzene ring substituents is 1. The van der Waals surface area contributed by atoms with E-state index in [0.29, 0.717) is 5.56 Å². The Bertz CT molecular complexity index is 392. The number of benzene rings is 1. The van der Waals surface area contributed by atoms with Crippen LogP contribution in [0.15, 0.2) is 24.3 Å². The highest BCUT2D eigenvalue weighted by Crippen LogP contribution is 2.16. The second-order valence-corrected chi connectivity index (χ2v) is 3.09. The summed E-state index contributed by atoms with van der Waals surface area (Å²) in [4.78, 5) is 20.7. The van der Waals surface area contributed by atoms with E-state index in [1.807, 2.05) is 0 Å². The van der Waals surface area contributed by atoms with Gasteiger partial charge in [0.25, 0.3) is 5.69 Å². The van der Waals surface area contributed by atoms with Crippen LogP contribution in [-0.4, -0.2) is 17.6 Å². The number of para-hydroxylation sites is 1. The standard InChI is InChI=1S/C10H12N2O4/c1-8(13)16-7-11-6-9-4-2-3-5-10(9)12(14)15/h2-5,11H,6-7H2,1H3. The van der Waals surface area contributed by atoms with Crippen molar-refractivity contribution in [1.82, 2.24) is 5.32 Å². The van der Waals surface area contributed by atoms with E-state index in [-0.39, 0.29) is 19.0 Å². The van der Waals surface area contributed by atoms with E-state index in [9.17, 15) is 14.9 Å². The summed E-state index contributed by atoms with van der Waals surface area (Å²) in [6.07, 6.45) is 0. The Labute approximate surface area is 92.4 Å². The first-order valence-corrected chi connectivity index (χ1v) is 4.67. The molecule has 0 aromatic heterocycles. The van der Waals surface area contributed by atoms with Crippen molar-refractivity contribution in [2.75, 3.05) is 6.73 Å². The summed E-state index contributed by atoms with van der Waals surface area (Å²) in [6.45, 7) is 1.62. The Balaban J connectivity index is 2.53. The molecule has 0 saturated carbocycles. The van der Waals surface area contributed by atoms with Gasteiger partial charge < -0.3 is 4.74 Å². The second kappa shape index (κ2) is 5.82. The predicted octanol–water partition coefficient (Wildman–Crippen LogP) is 1.20. The summed E-state index contributed by atoms with van der Waals surface area (Å²) in [7, 11) is 0. The van der Waals surface area contributed by atoms with Crippen molar-refractivity contribution in [3.63, 3.8) is 0 Å². The minimum Gasteiger partial charge on any atom is -0.450 e. The molecule has 86 valence electrons. The van der Waals surface area contributed by atoms with E-state index < -0.39 is 10.9 Å². The van der Waals surface area contributed by atoms with Gasteiger partial charge in [-0.15, -0.1) is 0 Å². The first-order valence-electron chi connectivity index (χ1n) is 4.67. The van der Waals surface area contributed by atoms with E-state index in [0.717, 1.165) is 0 Å². The van der Waals surface area contributed by atoms with Gasteiger partial charge in [0.1, 0.15) is 6.73 Å². The maximum atomic E-state index is 10.7. The lowest BCUT2D eigenvalue weighted by atomic mass is 10.2. The summed E-state index contributed by atoms with van der Waals surface area (Å²) < 4.78 is 4.64. The van der Waals surface area contributed by atoms with E-state index in [2.05, 4.69) is 10.1 Å². The van der Waals surface area contributed by atoms with Crippen molar-refractivity contribution in [1.29, 1.82) is 0 Å². The van der Waals surface area contributed by atoms with Crippen LogP contribution in [0.4, 0.5) is 5.69 Å². The fourth-order valence-corrected chi connectivity index (χ4v) is 1.18. The largest absolute Gasteiger partial charge is 0.450 e. The Morgan fingerprint density at radius 2 is 2.19 bits per heavy atom. The molecule has 1 aromatic carbocycles. The number of nitro groups is 1. The van der Waals surface area contributed by atoms with Gasteiger partial charge in [-0.25, -0.2) is 0 Å². The SMILES string of the molecule is CC(=O)OCNCc1ccccc1[N+](=O)[O-]. The van der Waals surface area contributed by atoms with Crippen LogP contribution < -0.4 is 5.32 Å². The van der Waals surface area contributed by atoms with Crippen molar-refractivity contribution < 1.29 is 14.5 Å². The minimum atomic E-state index is -0.442. The number of carbonyl (C=O) groups excluding carboxylic acids is 1. The number of rotatable bonds is 5. The number of esters is 1. The molecule has 16 heavy (non-hydrogen) atoms. The zero-order valence-corrected chi connectivity index (χ0v) is 8.80. The summed E-state index contributed by atoms with van der Waals surface area (Å²) in [6, 6.07) is 6.41. The van der Waals surface area contributed by atoms with Crippen molar-refractivity contribution in [3.8, 4) is 0 Å². The molecule has 0 amide bonds. The molecule has 0 unspecified atom stereocenters. The van der Waals surface area contributed by atoms with Gasteiger partial charge in [-0.2, -0.15) is 0 Å². The maximum absolute atomic E-state index is 10.7. The molecule has 6 heteroatoms. The van der Waals surface area contributed by atoms with Gasteiger partial charge in [0, 0.05) is 25.1 Å². The second-order valence-electron chi connectivity index (χ2n) is 3.09. The first-order chi connectivity index (χ1) is 7.61. The highest BCUT2D eigenvalue weighted by Gasteiger charge is 2.11. The Morgan fingerprint density at radius 3 is 2.81 bits per heavy atom. The van der Waals surface area contributed by atoms with Gasteiger partial charge in [-0.05, 0) is 0 Å². The normalized spacial score (nSPS) is 9.81. The Morgan fingerprint density at radius 1 is 1.50 bits per heavy atom. The number of hydrogen-bond acceptors (Lipinski definition) is 5. The number of nitrogens with zero attached hydrogens (tertiary/aromatic N) is 1. The zero-order valence-electron chi connectivity index (χ0n) is 8.80. The van der Waals surface area contributed by atoms with E-state index in [4.69, 9.17) is 0 Å². The summed E-state index contributed by atoms with van der Waals surface area (Å²) in [5, 5.41) is 13.4. The Kier molecular flexibility index (Phi) is 4.41. The molecule has 0 fully saturated rings. The van der Waals surface area contributed by atoms with Gasteiger partial charge in [0.05, 0.1) is 4.92 Å². The fraction of sp³-hybridized carbons (Fsp3) is 0.300. The van der Waals surface area contributed by atoms with Crippen LogP contribution in [0, 0.1) is 10.1 Å². The van der Waals surface area contributed by atoms with Crippen molar-refractivity contribution >= 4 is 11.7 Å². The third kappa shape index (κ3) is 3.66. The van der Waals surface area contributed by atoms with E-state index in [1.54, 1.807) is 18.2 Å². The topological polar surface area (TPSA) is 81.5 Å². The van der Waals surface area contributed by atoms with Crippen LogP contribution in [0.5, 0.6) is 0 Å². The average molecular weight is 224 g/mol. The Hall–Kier alpha value is -1.95. The summed E-state index contributed by atoms with van der Waals surface area (Å²) >= 11 is 0. The van der Waals surface area contributed by atoms with Gasteiger partial charge in [0.2, 0.25) is 0 Å². The van der Waals surface area contributed by atoms with Crippen LogP contribution in [-0.2, 0) is 16.1 Å². The first kappa shape index (κ1) is 12.1. The van der Waals surface area contributed by atoms with E-state index in [1.165, 1.54) is 13.0 Å². The van der Waals surface area contributed by atoms with Gasteiger partial charge in [-0.1, -0.05) is 18.2 Å². The lowest BCUT2D eigenvalue weighted by Crippen LogP contribution is -2.19. The molecule has 0 radical (unpaired) electrons. The maximum Gasteiger partial charge on any atom is 0.303 e. The van der Waals surface area contributed by atoms with Crippen LogP contribution in [0.25, 0.3) is 0 Å². The van der Waals surface area contributed by atoms with Crippen molar-refractivity contribution in [3.05, 3.63) is 39.9 Å². The minimum absolute atomic E-state index is 0.0430. The third-order valence-electron chi connectivity index (χ3n) is 1.88. The van der Waals surface area contributed by atoms with Gasteiger partial charge in [0.15, 0.2) is 0 Å². The van der Waals surface area contributed by atoms with Gasteiger partial charge >= 0.3 is 5.97 Å². The average Bonchev–Trinajstić information content (AvgIpc) is 2.24. The molecular formula is C10H12N2O4. The molecule has 0 heterocycles. The number of carbonyl (C=O) groups is 1. The molecular weight excluding hydrogens is 212 g/mol. The molecule has 1 N–H and O–H groups in total. The number of hydrogen-bond donors (Lipinski definition) is 1. The highest BCUT2D eigenvalue weighted by molar-refractivity contribution is 5.65. The molecule has 0 bridgehead atoms. The molecule has 1 aromatic rings. The number of ether oxygens (including phenoxy) is 1. The molecule has 0 atom stereocenters. The van der Waals surface area contributed by atoms with Crippen LogP contribution >= 0.6 is 0 Å². The van der Waals surface area contributed by atoms with Crippen molar-refractivity contribution in [2.24, 2.45) is 0 Å². The summed E-state index contributed by atoms with van der Waals surface area (Å²) in [5.74, 6) is -0.393. The highest BCUT2D eigenvalue weighted by atomic mass is 16.6. The summed E-state index contributed by atoms with van der Waals surface area (Å²) in [5.41, 5.74) is 0.609. The molecule has 0 aliphatic rings. The molecule has 0 spiro atoms.